The largest absolute Gasteiger partial charge is 0.432 e. The third-order valence-corrected chi connectivity index (χ3v) is 1.90. The minimum Gasteiger partial charge on any atom is -0.432 e. The molecule has 0 saturated carbocycles. The van der Waals surface area contributed by atoms with Gasteiger partial charge in [0.15, 0.2) is 0 Å². The zero-order chi connectivity index (χ0) is 10.8. The van der Waals surface area contributed by atoms with Gasteiger partial charge in [0.25, 0.3) is 11.7 Å². The van der Waals surface area contributed by atoms with E-state index in [1.807, 2.05) is 0 Å². The van der Waals surface area contributed by atoms with E-state index in [4.69, 9.17) is 10.2 Å². The molecule has 0 unspecified atom stereocenters. The first-order chi connectivity index (χ1) is 7.18. The van der Waals surface area contributed by atoms with Gasteiger partial charge >= 0.3 is 0 Å². The SMILES string of the molecule is Nc1nc(-c2ccccc2[N+](=O)[O-])co1. The van der Waals surface area contributed by atoms with Crippen LogP contribution in [-0.2, 0) is 0 Å². The predicted molar refractivity (Wildman–Crippen MR) is 53.0 cm³/mol. The van der Waals surface area contributed by atoms with Crippen LogP contribution in [0.1, 0.15) is 0 Å². The maximum Gasteiger partial charge on any atom is 0.292 e. The second-order valence-electron chi connectivity index (χ2n) is 2.85. The lowest BCUT2D eigenvalue weighted by Crippen LogP contribution is -1.91. The summed E-state index contributed by atoms with van der Waals surface area (Å²) < 4.78 is 4.80. The van der Waals surface area contributed by atoms with Gasteiger partial charge in [0.1, 0.15) is 12.0 Å². The van der Waals surface area contributed by atoms with Gasteiger partial charge in [-0.05, 0) is 6.07 Å². The van der Waals surface area contributed by atoms with Crippen LogP contribution in [0.4, 0.5) is 11.7 Å². The molecule has 0 aliphatic heterocycles. The average Bonchev–Trinajstić information content (AvgIpc) is 2.65. The van der Waals surface area contributed by atoms with E-state index in [0.29, 0.717) is 11.3 Å². The van der Waals surface area contributed by atoms with Crippen LogP contribution >= 0.6 is 0 Å². The van der Waals surface area contributed by atoms with Crippen LogP contribution in [0, 0.1) is 10.1 Å². The first kappa shape index (κ1) is 9.20. The standard InChI is InChI=1S/C9H7N3O3/c10-9-11-7(5-15-9)6-3-1-2-4-8(6)12(13)14/h1-5H,(H2,10,11). The molecule has 0 aliphatic carbocycles. The summed E-state index contributed by atoms with van der Waals surface area (Å²) in [5, 5.41) is 10.7. The molecule has 0 amide bonds. The average molecular weight is 205 g/mol. The van der Waals surface area contributed by atoms with Gasteiger partial charge in [0, 0.05) is 6.07 Å². The fraction of sp³-hybridized carbons (Fsp3) is 0. The van der Waals surface area contributed by atoms with E-state index < -0.39 is 4.92 Å². The number of oxazole rings is 1. The Morgan fingerprint density at radius 3 is 2.73 bits per heavy atom. The van der Waals surface area contributed by atoms with Crippen molar-refractivity contribution in [1.29, 1.82) is 0 Å². The van der Waals surface area contributed by atoms with Crippen molar-refractivity contribution in [3.8, 4) is 11.3 Å². The molecule has 1 aromatic heterocycles. The number of nitro benzene ring substituents is 1. The number of para-hydroxylation sites is 1. The van der Waals surface area contributed by atoms with Gasteiger partial charge < -0.3 is 10.2 Å². The molecule has 0 spiro atoms. The quantitative estimate of drug-likeness (QED) is 0.596. The maximum atomic E-state index is 10.7. The van der Waals surface area contributed by atoms with Crippen LogP contribution in [-0.4, -0.2) is 9.91 Å². The van der Waals surface area contributed by atoms with Crippen LogP contribution in [0.2, 0.25) is 0 Å². The number of nitrogens with zero attached hydrogens (tertiary/aromatic N) is 2. The van der Waals surface area contributed by atoms with Crippen molar-refractivity contribution < 1.29 is 9.34 Å². The predicted octanol–water partition coefficient (Wildman–Crippen LogP) is 1.83. The number of anilines is 1. The van der Waals surface area contributed by atoms with Gasteiger partial charge in [-0.3, -0.25) is 10.1 Å². The number of nitrogen functional groups attached to an aromatic ring is 1. The molecule has 0 radical (unpaired) electrons. The molecule has 15 heavy (non-hydrogen) atoms. The van der Waals surface area contributed by atoms with Gasteiger partial charge in [-0.15, -0.1) is 0 Å². The van der Waals surface area contributed by atoms with Crippen molar-refractivity contribution in [3.63, 3.8) is 0 Å². The minimum absolute atomic E-state index is 0.0110. The molecule has 76 valence electrons. The van der Waals surface area contributed by atoms with Crippen molar-refractivity contribution >= 4 is 11.7 Å². The Labute approximate surface area is 84.5 Å². The summed E-state index contributed by atoms with van der Waals surface area (Å²) >= 11 is 0. The zero-order valence-electron chi connectivity index (χ0n) is 7.58. The molecule has 2 aromatic rings. The molecular weight excluding hydrogens is 198 g/mol. The summed E-state index contributed by atoms with van der Waals surface area (Å²) in [5.74, 6) is 0. The molecule has 6 nitrogen and oxygen atoms in total. The highest BCUT2D eigenvalue weighted by atomic mass is 16.6. The lowest BCUT2D eigenvalue weighted by Gasteiger charge is -1.96. The molecule has 0 saturated heterocycles. The van der Waals surface area contributed by atoms with Crippen LogP contribution in [0.5, 0.6) is 0 Å². The van der Waals surface area contributed by atoms with E-state index in [-0.39, 0.29) is 11.7 Å². The molecule has 2 rings (SSSR count). The van der Waals surface area contributed by atoms with E-state index in [1.54, 1.807) is 18.2 Å². The lowest BCUT2D eigenvalue weighted by molar-refractivity contribution is -0.384. The number of nitrogens with two attached hydrogens (primary N) is 1. The second-order valence-corrected chi connectivity index (χ2v) is 2.85. The van der Waals surface area contributed by atoms with Gasteiger partial charge in [-0.2, -0.15) is 4.98 Å². The monoisotopic (exact) mass is 205 g/mol. The Morgan fingerprint density at radius 2 is 2.13 bits per heavy atom. The normalized spacial score (nSPS) is 10.1. The maximum absolute atomic E-state index is 10.7. The highest BCUT2D eigenvalue weighted by Crippen LogP contribution is 2.28. The summed E-state index contributed by atoms with van der Waals surface area (Å²) in [4.78, 5) is 14.1. The van der Waals surface area contributed by atoms with E-state index in [0.717, 1.165) is 0 Å². The third-order valence-electron chi connectivity index (χ3n) is 1.90. The molecule has 1 aromatic carbocycles. The van der Waals surface area contributed by atoms with Gasteiger partial charge in [0.05, 0.1) is 10.5 Å². The Bertz CT molecular complexity index is 507. The van der Waals surface area contributed by atoms with Crippen LogP contribution in [0.3, 0.4) is 0 Å². The summed E-state index contributed by atoms with van der Waals surface area (Å²) in [6.45, 7) is 0. The molecule has 6 heteroatoms. The topological polar surface area (TPSA) is 95.2 Å². The Morgan fingerprint density at radius 1 is 1.40 bits per heavy atom. The van der Waals surface area contributed by atoms with Crippen molar-refractivity contribution in [2.24, 2.45) is 0 Å². The first-order valence-corrected chi connectivity index (χ1v) is 4.13. The number of hydrogen-bond acceptors (Lipinski definition) is 5. The summed E-state index contributed by atoms with van der Waals surface area (Å²) in [5.41, 5.74) is 6.02. The fourth-order valence-electron chi connectivity index (χ4n) is 1.26. The van der Waals surface area contributed by atoms with Crippen molar-refractivity contribution in [2.45, 2.75) is 0 Å². The molecule has 0 atom stereocenters. The van der Waals surface area contributed by atoms with Crippen molar-refractivity contribution in [1.82, 2.24) is 4.98 Å². The Kier molecular flexibility index (Phi) is 2.09. The zero-order valence-corrected chi connectivity index (χ0v) is 7.58. The molecule has 1 heterocycles. The lowest BCUT2D eigenvalue weighted by atomic mass is 10.1. The highest BCUT2D eigenvalue weighted by Gasteiger charge is 2.16. The molecule has 2 N–H and O–H groups in total. The fourth-order valence-corrected chi connectivity index (χ4v) is 1.26. The third kappa shape index (κ3) is 1.64. The van der Waals surface area contributed by atoms with Gasteiger partial charge in [0.2, 0.25) is 0 Å². The van der Waals surface area contributed by atoms with Crippen LogP contribution in [0.15, 0.2) is 34.9 Å². The number of aromatic nitrogens is 1. The van der Waals surface area contributed by atoms with Crippen molar-refractivity contribution in [2.75, 3.05) is 5.73 Å². The number of rotatable bonds is 2. The van der Waals surface area contributed by atoms with E-state index in [9.17, 15) is 10.1 Å². The van der Waals surface area contributed by atoms with E-state index in [1.165, 1.54) is 12.3 Å². The molecule has 0 aliphatic rings. The van der Waals surface area contributed by atoms with Crippen LogP contribution in [0.25, 0.3) is 11.3 Å². The highest BCUT2D eigenvalue weighted by molar-refractivity contribution is 5.70. The molecule has 0 bridgehead atoms. The first-order valence-electron chi connectivity index (χ1n) is 4.13. The summed E-state index contributed by atoms with van der Waals surface area (Å²) in [6.07, 6.45) is 1.29. The van der Waals surface area contributed by atoms with E-state index in [2.05, 4.69) is 4.98 Å². The smallest absolute Gasteiger partial charge is 0.292 e. The van der Waals surface area contributed by atoms with E-state index >= 15 is 0 Å². The Balaban J connectivity index is 2.57. The minimum atomic E-state index is -0.472. The number of benzene rings is 1. The van der Waals surface area contributed by atoms with Crippen molar-refractivity contribution in [3.05, 3.63) is 40.6 Å². The summed E-state index contributed by atoms with van der Waals surface area (Å²) in [6, 6.07) is 6.26. The molecular formula is C9H7N3O3. The van der Waals surface area contributed by atoms with Gasteiger partial charge in [-0.25, -0.2) is 0 Å². The number of hydrogen-bond donors (Lipinski definition) is 1. The summed E-state index contributed by atoms with van der Waals surface area (Å²) in [7, 11) is 0. The van der Waals surface area contributed by atoms with Crippen LogP contribution < -0.4 is 5.73 Å². The number of nitro groups is 1. The second kappa shape index (κ2) is 3.41. The van der Waals surface area contributed by atoms with Gasteiger partial charge in [-0.1, -0.05) is 12.1 Å². The molecule has 0 fully saturated rings. The Hall–Kier alpha value is -2.37.